The summed E-state index contributed by atoms with van der Waals surface area (Å²) in [4.78, 5) is 0. The van der Waals surface area contributed by atoms with E-state index in [0.717, 1.165) is 30.6 Å². The van der Waals surface area contributed by atoms with Crippen LogP contribution in [0.5, 0.6) is 11.5 Å². The fourth-order valence-electron chi connectivity index (χ4n) is 2.13. The van der Waals surface area contributed by atoms with E-state index in [9.17, 15) is 0 Å². The molecule has 0 aromatic heterocycles. The second kappa shape index (κ2) is 6.64. The van der Waals surface area contributed by atoms with Crippen LogP contribution in [0, 0.1) is 5.92 Å². The minimum atomic E-state index is 0.491. The van der Waals surface area contributed by atoms with Gasteiger partial charge in [0, 0.05) is 12.1 Å². The fraction of sp³-hybridized carbons (Fsp3) is 0.600. The Morgan fingerprint density at radius 3 is 2.56 bits per heavy atom. The predicted octanol–water partition coefficient (Wildman–Crippen LogP) is 2.85. The van der Waals surface area contributed by atoms with Crippen molar-refractivity contribution in [2.75, 3.05) is 19.8 Å². The minimum absolute atomic E-state index is 0.491. The van der Waals surface area contributed by atoms with Crippen molar-refractivity contribution in [3.63, 3.8) is 0 Å². The lowest BCUT2D eigenvalue weighted by Gasteiger charge is -2.18. The molecule has 0 aliphatic heterocycles. The Labute approximate surface area is 109 Å². The van der Waals surface area contributed by atoms with Crippen molar-refractivity contribution in [2.24, 2.45) is 5.92 Å². The van der Waals surface area contributed by atoms with Crippen LogP contribution in [0.4, 0.5) is 0 Å². The molecule has 0 radical (unpaired) electrons. The van der Waals surface area contributed by atoms with Crippen molar-refractivity contribution in [3.05, 3.63) is 24.3 Å². The van der Waals surface area contributed by atoms with E-state index < -0.39 is 0 Å². The number of benzene rings is 1. The van der Waals surface area contributed by atoms with E-state index in [1.54, 1.807) is 0 Å². The summed E-state index contributed by atoms with van der Waals surface area (Å²) in [7, 11) is 0. The molecule has 1 atom stereocenters. The van der Waals surface area contributed by atoms with Gasteiger partial charge in [-0.05, 0) is 44.4 Å². The molecule has 1 aliphatic carbocycles. The first-order valence-electron chi connectivity index (χ1n) is 6.92. The Balaban J connectivity index is 1.85. The summed E-state index contributed by atoms with van der Waals surface area (Å²) in [6.45, 7) is 6.57. The number of hydrogen-bond donors (Lipinski definition) is 1. The molecule has 0 spiro atoms. The van der Waals surface area contributed by atoms with Crippen molar-refractivity contribution in [3.8, 4) is 11.5 Å². The zero-order valence-electron chi connectivity index (χ0n) is 11.3. The molecule has 1 saturated carbocycles. The highest BCUT2D eigenvalue weighted by Crippen LogP contribution is 2.33. The normalized spacial score (nSPS) is 16.3. The Morgan fingerprint density at radius 2 is 1.94 bits per heavy atom. The molecule has 0 heterocycles. The number of ether oxygens (including phenoxy) is 2. The standard InChI is InChI=1S/C15H23NO2/c1-3-16-15(12-8-9-12)11-18-14-7-5-6-13(10-14)17-4-2/h5-7,10,12,15-16H,3-4,8-9,11H2,1-2H3. The van der Waals surface area contributed by atoms with E-state index >= 15 is 0 Å². The summed E-state index contributed by atoms with van der Waals surface area (Å²) in [6.07, 6.45) is 2.67. The van der Waals surface area contributed by atoms with Gasteiger partial charge in [0.05, 0.1) is 6.61 Å². The van der Waals surface area contributed by atoms with Crippen LogP contribution in [0.3, 0.4) is 0 Å². The van der Waals surface area contributed by atoms with E-state index in [0.29, 0.717) is 12.6 Å². The molecule has 3 nitrogen and oxygen atoms in total. The minimum Gasteiger partial charge on any atom is -0.494 e. The first kappa shape index (κ1) is 13.2. The van der Waals surface area contributed by atoms with Gasteiger partial charge in [-0.3, -0.25) is 0 Å². The van der Waals surface area contributed by atoms with E-state index in [4.69, 9.17) is 9.47 Å². The molecule has 0 saturated heterocycles. The highest BCUT2D eigenvalue weighted by Gasteiger charge is 2.30. The van der Waals surface area contributed by atoms with Crippen molar-refractivity contribution in [2.45, 2.75) is 32.7 Å². The molecule has 100 valence electrons. The van der Waals surface area contributed by atoms with Gasteiger partial charge in [-0.25, -0.2) is 0 Å². The zero-order valence-corrected chi connectivity index (χ0v) is 11.3. The van der Waals surface area contributed by atoms with Gasteiger partial charge in [-0.2, -0.15) is 0 Å². The van der Waals surface area contributed by atoms with Crippen LogP contribution in [-0.2, 0) is 0 Å². The lowest BCUT2D eigenvalue weighted by molar-refractivity contribution is 0.249. The smallest absolute Gasteiger partial charge is 0.123 e. The van der Waals surface area contributed by atoms with Crippen LogP contribution in [0.1, 0.15) is 26.7 Å². The van der Waals surface area contributed by atoms with Crippen molar-refractivity contribution in [1.29, 1.82) is 0 Å². The number of nitrogens with one attached hydrogen (secondary N) is 1. The van der Waals surface area contributed by atoms with Crippen LogP contribution in [0.2, 0.25) is 0 Å². The second-order valence-corrected chi connectivity index (χ2v) is 4.72. The largest absolute Gasteiger partial charge is 0.494 e. The Kier molecular flexibility index (Phi) is 4.88. The lowest BCUT2D eigenvalue weighted by atomic mass is 10.2. The number of rotatable bonds is 8. The molecular formula is C15H23NO2. The average molecular weight is 249 g/mol. The van der Waals surface area contributed by atoms with Gasteiger partial charge in [0.15, 0.2) is 0 Å². The predicted molar refractivity (Wildman–Crippen MR) is 73.3 cm³/mol. The van der Waals surface area contributed by atoms with E-state index in [2.05, 4.69) is 12.2 Å². The van der Waals surface area contributed by atoms with Gasteiger partial charge in [-0.15, -0.1) is 0 Å². The van der Waals surface area contributed by atoms with Crippen LogP contribution >= 0.6 is 0 Å². The molecule has 1 aromatic rings. The third-order valence-electron chi connectivity index (χ3n) is 3.20. The van der Waals surface area contributed by atoms with Gasteiger partial charge < -0.3 is 14.8 Å². The summed E-state index contributed by atoms with van der Waals surface area (Å²) in [5.41, 5.74) is 0. The van der Waals surface area contributed by atoms with Gasteiger partial charge in [-0.1, -0.05) is 13.0 Å². The molecular weight excluding hydrogens is 226 g/mol. The fourth-order valence-corrected chi connectivity index (χ4v) is 2.13. The van der Waals surface area contributed by atoms with Gasteiger partial charge in [0.2, 0.25) is 0 Å². The van der Waals surface area contributed by atoms with Gasteiger partial charge >= 0.3 is 0 Å². The summed E-state index contributed by atoms with van der Waals surface area (Å²) < 4.78 is 11.3. The number of likely N-dealkylation sites (N-methyl/N-ethyl adjacent to an activating group) is 1. The Morgan fingerprint density at radius 1 is 1.22 bits per heavy atom. The van der Waals surface area contributed by atoms with Crippen LogP contribution in [-0.4, -0.2) is 25.8 Å². The summed E-state index contributed by atoms with van der Waals surface area (Å²) in [5.74, 6) is 2.57. The second-order valence-electron chi connectivity index (χ2n) is 4.72. The SMILES string of the molecule is CCNC(COc1cccc(OCC)c1)C1CC1. The summed E-state index contributed by atoms with van der Waals surface area (Å²) in [5, 5.41) is 3.50. The molecule has 1 unspecified atom stereocenters. The van der Waals surface area contributed by atoms with Gasteiger partial charge in [0.25, 0.3) is 0 Å². The molecule has 0 bridgehead atoms. The maximum absolute atomic E-state index is 5.87. The Hall–Kier alpha value is -1.22. The van der Waals surface area contributed by atoms with Crippen LogP contribution in [0.25, 0.3) is 0 Å². The molecule has 1 aliphatic rings. The third-order valence-corrected chi connectivity index (χ3v) is 3.20. The van der Waals surface area contributed by atoms with Crippen molar-refractivity contribution in [1.82, 2.24) is 5.32 Å². The summed E-state index contributed by atoms with van der Waals surface area (Å²) >= 11 is 0. The maximum atomic E-state index is 5.87. The first-order chi connectivity index (χ1) is 8.83. The van der Waals surface area contributed by atoms with Gasteiger partial charge in [0.1, 0.15) is 18.1 Å². The molecule has 18 heavy (non-hydrogen) atoms. The molecule has 1 N–H and O–H groups in total. The molecule has 0 amide bonds. The Bertz CT molecular complexity index is 363. The summed E-state index contributed by atoms with van der Waals surface area (Å²) in [6, 6.07) is 8.36. The molecule has 1 fully saturated rings. The quantitative estimate of drug-likeness (QED) is 0.768. The van der Waals surface area contributed by atoms with Crippen molar-refractivity contribution >= 4 is 0 Å². The maximum Gasteiger partial charge on any atom is 0.123 e. The van der Waals surface area contributed by atoms with Crippen LogP contribution < -0.4 is 14.8 Å². The lowest BCUT2D eigenvalue weighted by Crippen LogP contribution is -2.36. The zero-order chi connectivity index (χ0) is 12.8. The molecule has 1 aromatic carbocycles. The van der Waals surface area contributed by atoms with E-state index in [1.165, 1.54) is 12.8 Å². The highest BCUT2D eigenvalue weighted by molar-refractivity contribution is 5.32. The first-order valence-corrected chi connectivity index (χ1v) is 6.92. The van der Waals surface area contributed by atoms with E-state index in [-0.39, 0.29) is 0 Å². The average Bonchev–Trinajstić information content (AvgIpc) is 3.20. The van der Waals surface area contributed by atoms with E-state index in [1.807, 2.05) is 31.2 Å². The molecule has 2 rings (SSSR count). The monoisotopic (exact) mass is 249 g/mol. The van der Waals surface area contributed by atoms with Crippen molar-refractivity contribution < 1.29 is 9.47 Å². The molecule has 3 heteroatoms. The third kappa shape index (κ3) is 3.91. The van der Waals surface area contributed by atoms with Crippen LogP contribution in [0.15, 0.2) is 24.3 Å². The topological polar surface area (TPSA) is 30.5 Å². The highest BCUT2D eigenvalue weighted by atomic mass is 16.5. The number of hydrogen-bond acceptors (Lipinski definition) is 3.